The van der Waals surface area contributed by atoms with Crippen molar-refractivity contribution in [3.05, 3.63) is 72.9 Å². The molecule has 0 aliphatic heterocycles. The smallest absolute Gasteiger partial charge is 0.472 e. The molecule has 3 atom stereocenters. The van der Waals surface area contributed by atoms with E-state index in [1.165, 1.54) is 77.0 Å². The lowest BCUT2D eigenvalue weighted by molar-refractivity contribution is -0.154. The molecule has 61 heavy (non-hydrogen) atoms. The summed E-state index contributed by atoms with van der Waals surface area (Å²) < 4.78 is 33.4. The molecule has 0 saturated heterocycles. The topological polar surface area (TPSA) is 155 Å². The monoisotopic (exact) mass is 878 g/mol. The molecule has 0 heterocycles. The minimum absolute atomic E-state index is 0.00242. The van der Waals surface area contributed by atoms with E-state index in [4.69, 9.17) is 29.4 Å². The summed E-state index contributed by atoms with van der Waals surface area (Å²) in [6.07, 6.45) is 56.7. The molecular weight excluding hydrogens is 790 g/mol. The summed E-state index contributed by atoms with van der Waals surface area (Å²) in [5.41, 5.74) is 5.36. The normalized spacial score (nSPS) is 14.4. The minimum Gasteiger partial charge on any atom is -0.480 e. The zero-order chi connectivity index (χ0) is 44.8. The van der Waals surface area contributed by atoms with Gasteiger partial charge < -0.3 is 25.2 Å². The number of hydrogen-bond donors (Lipinski definition) is 3. The van der Waals surface area contributed by atoms with Gasteiger partial charge in [-0.25, -0.2) is 4.57 Å². The Morgan fingerprint density at radius 3 is 1.43 bits per heavy atom. The molecular formula is C50H88NO9P. The molecule has 0 aliphatic carbocycles. The van der Waals surface area contributed by atoms with Gasteiger partial charge in [0, 0.05) is 13.0 Å². The highest BCUT2D eigenvalue weighted by atomic mass is 31.2. The van der Waals surface area contributed by atoms with Crippen molar-refractivity contribution in [3.63, 3.8) is 0 Å². The van der Waals surface area contributed by atoms with Crippen LogP contribution in [0.15, 0.2) is 72.9 Å². The largest absolute Gasteiger partial charge is 0.480 e. The number of carbonyl (C=O) groups is 2. The Bertz CT molecular complexity index is 1250. The molecule has 0 rings (SSSR count). The van der Waals surface area contributed by atoms with Gasteiger partial charge in [0.1, 0.15) is 12.1 Å². The van der Waals surface area contributed by atoms with Crippen LogP contribution in [0.3, 0.4) is 0 Å². The van der Waals surface area contributed by atoms with Gasteiger partial charge >= 0.3 is 19.8 Å². The third-order valence-electron chi connectivity index (χ3n) is 9.97. The van der Waals surface area contributed by atoms with Crippen LogP contribution in [-0.4, -0.2) is 60.5 Å². The third kappa shape index (κ3) is 45.3. The van der Waals surface area contributed by atoms with Crippen LogP contribution < -0.4 is 5.73 Å². The van der Waals surface area contributed by atoms with Gasteiger partial charge in [0.15, 0.2) is 0 Å². The highest BCUT2D eigenvalue weighted by Gasteiger charge is 2.27. The maximum atomic E-state index is 12.6. The number of ether oxygens (including phenoxy) is 2. The summed E-state index contributed by atoms with van der Waals surface area (Å²) in [7, 11) is -4.63. The van der Waals surface area contributed by atoms with E-state index in [1.807, 2.05) is 0 Å². The van der Waals surface area contributed by atoms with Crippen molar-refractivity contribution in [1.29, 1.82) is 0 Å². The number of aliphatic carboxylic acids is 1. The molecule has 0 aromatic heterocycles. The summed E-state index contributed by atoms with van der Waals surface area (Å²) in [5, 5.41) is 8.91. The van der Waals surface area contributed by atoms with Gasteiger partial charge in [-0.05, 0) is 83.5 Å². The van der Waals surface area contributed by atoms with E-state index >= 15 is 0 Å². The van der Waals surface area contributed by atoms with Crippen molar-refractivity contribution in [2.24, 2.45) is 5.73 Å². The van der Waals surface area contributed by atoms with Crippen molar-refractivity contribution in [3.8, 4) is 0 Å². The van der Waals surface area contributed by atoms with E-state index < -0.39 is 45.1 Å². The fraction of sp³-hybridized carbons (Fsp3) is 0.720. The number of phosphoric acid groups is 1. The highest BCUT2D eigenvalue weighted by molar-refractivity contribution is 7.47. The molecule has 3 unspecified atom stereocenters. The molecule has 0 amide bonds. The summed E-state index contributed by atoms with van der Waals surface area (Å²) in [5.74, 6) is -1.80. The zero-order valence-corrected chi connectivity index (χ0v) is 39.4. The molecule has 4 N–H and O–H groups in total. The molecule has 0 saturated carbocycles. The van der Waals surface area contributed by atoms with E-state index in [0.717, 1.165) is 89.9 Å². The number of allylic oxidation sites excluding steroid dienone is 12. The highest BCUT2D eigenvalue weighted by Crippen LogP contribution is 2.43. The molecule has 0 fully saturated rings. The molecule has 0 bridgehead atoms. The first-order chi connectivity index (χ1) is 29.7. The van der Waals surface area contributed by atoms with E-state index in [-0.39, 0.29) is 13.0 Å². The Kier molecular flexibility index (Phi) is 43.5. The SMILES string of the molecule is CC/C=C\C/C=C\C/C=C\CCCCCCCC(=O)OC(COCCCCCCCCCCC/C=C\C/C=C\C/C=C\CCCCCCC)COP(=O)(O)OCC(N)C(=O)O. The van der Waals surface area contributed by atoms with E-state index in [0.29, 0.717) is 13.0 Å². The number of unbranched alkanes of at least 4 members (excludes halogenated alkanes) is 19. The lowest BCUT2D eigenvalue weighted by atomic mass is 10.1. The van der Waals surface area contributed by atoms with Crippen LogP contribution in [0.1, 0.15) is 194 Å². The predicted octanol–water partition coefficient (Wildman–Crippen LogP) is 13.8. The Morgan fingerprint density at radius 2 is 0.951 bits per heavy atom. The third-order valence-corrected chi connectivity index (χ3v) is 10.9. The van der Waals surface area contributed by atoms with Crippen molar-refractivity contribution in [2.45, 2.75) is 206 Å². The van der Waals surface area contributed by atoms with Gasteiger partial charge in [0.05, 0.1) is 19.8 Å². The second kappa shape index (κ2) is 45.4. The lowest BCUT2D eigenvalue weighted by Crippen LogP contribution is -2.34. The number of rotatable bonds is 45. The Hall–Kier alpha value is -2.59. The average molecular weight is 878 g/mol. The van der Waals surface area contributed by atoms with Crippen molar-refractivity contribution in [2.75, 3.05) is 26.4 Å². The molecule has 352 valence electrons. The van der Waals surface area contributed by atoms with Gasteiger partial charge in [0.2, 0.25) is 0 Å². The Morgan fingerprint density at radius 1 is 0.541 bits per heavy atom. The van der Waals surface area contributed by atoms with Crippen LogP contribution in [0.2, 0.25) is 0 Å². The van der Waals surface area contributed by atoms with Crippen molar-refractivity contribution in [1.82, 2.24) is 0 Å². The van der Waals surface area contributed by atoms with E-state index in [2.05, 4.69) is 86.8 Å². The zero-order valence-electron chi connectivity index (χ0n) is 38.5. The summed E-state index contributed by atoms with van der Waals surface area (Å²) in [4.78, 5) is 33.6. The van der Waals surface area contributed by atoms with Crippen LogP contribution in [0.5, 0.6) is 0 Å². The van der Waals surface area contributed by atoms with Crippen molar-refractivity contribution < 1.29 is 42.7 Å². The van der Waals surface area contributed by atoms with Gasteiger partial charge in [-0.15, -0.1) is 0 Å². The second-order valence-corrected chi connectivity index (χ2v) is 17.3. The molecule has 0 aromatic rings. The number of phosphoric ester groups is 1. The summed E-state index contributed by atoms with van der Waals surface area (Å²) >= 11 is 0. The number of carboxylic acid groups (broad SMARTS) is 1. The first-order valence-corrected chi connectivity index (χ1v) is 25.5. The first-order valence-electron chi connectivity index (χ1n) is 24.0. The molecule has 0 spiro atoms. The fourth-order valence-corrected chi connectivity index (χ4v) is 7.05. The number of hydrogen-bond acceptors (Lipinski definition) is 8. The molecule has 0 aliphatic rings. The van der Waals surface area contributed by atoms with Gasteiger partial charge in [-0.3, -0.25) is 18.6 Å². The molecule has 0 aromatic carbocycles. The van der Waals surface area contributed by atoms with Gasteiger partial charge in [-0.2, -0.15) is 0 Å². The van der Waals surface area contributed by atoms with Crippen LogP contribution in [0.25, 0.3) is 0 Å². The molecule has 0 radical (unpaired) electrons. The predicted molar refractivity (Wildman–Crippen MR) is 254 cm³/mol. The minimum atomic E-state index is -4.63. The number of carbonyl (C=O) groups excluding carboxylic acids is 1. The Balaban J connectivity index is 4.19. The number of esters is 1. The number of nitrogens with two attached hydrogens (primary N) is 1. The van der Waals surface area contributed by atoms with Crippen LogP contribution in [0, 0.1) is 0 Å². The van der Waals surface area contributed by atoms with Crippen LogP contribution >= 0.6 is 7.82 Å². The Labute approximate surface area is 372 Å². The standard InChI is InChI=1S/C50H88NO9P/c1-3-5-7-9-11-13-15-17-19-20-21-22-23-24-25-26-27-29-31-33-35-37-39-41-43-57-44-47(45-58-61(55,56)59-46-48(51)50(53)54)60-49(52)42-40-38-36-34-32-30-28-18-16-14-12-10-8-6-4-2/h6,8,12,14-15,17-18,20-21,23-24,28,47-48H,3-5,7,9-11,13,16,19,22,25-27,29-46,51H2,1-2H3,(H,53,54)(H,55,56)/b8-6-,14-12-,17-15-,21-20-,24-23-,28-18-. The second-order valence-electron chi connectivity index (χ2n) is 15.9. The van der Waals surface area contributed by atoms with E-state index in [9.17, 15) is 19.0 Å². The number of carboxylic acids is 1. The van der Waals surface area contributed by atoms with Gasteiger partial charge in [-0.1, -0.05) is 177 Å². The quantitative estimate of drug-likeness (QED) is 0.0233. The van der Waals surface area contributed by atoms with Crippen molar-refractivity contribution >= 4 is 19.8 Å². The first kappa shape index (κ1) is 58.4. The van der Waals surface area contributed by atoms with E-state index in [1.54, 1.807) is 0 Å². The lowest BCUT2D eigenvalue weighted by Gasteiger charge is -2.20. The maximum absolute atomic E-state index is 12.6. The molecule has 11 heteroatoms. The fourth-order valence-electron chi connectivity index (χ4n) is 6.27. The maximum Gasteiger partial charge on any atom is 0.472 e. The van der Waals surface area contributed by atoms with Gasteiger partial charge in [0.25, 0.3) is 0 Å². The average Bonchev–Trinajstić information content (AvgIpc) is 3.24. The van der Waals surface area contributed by atoms with Crippen LogP contribution in [-0.2, 0) is 32.7 Å². The summed E-state index contributed by atoms with van der Waals surface area (Å²) in [6.45, 7) is 3.72. The molecule has 10 nitrogen and oxygen atoms in total. The van der Waals surface area contributed by atoms with Crippen LogP contribution in [0.4, 0.5) is 0 Å². The summed E-state index contributed by atoms with van der Waals surface area (Å²) in [6, 6.07) is -1.48.